The van der Waals surface area contributed by atoms with Gasteiger partial charge in [-0.25, -0.2) is 0 Å². The lowest BCUT2D eigenvalue weighted by Crippen LogP contribution is -2.05. The van der Waals surface area contributed by atoms with Crippen LogP contribution in [-0.2, 0) is 6.18 Å². The fourth-order valence-corrected chi connectivity index (χ4v) is 1.80. The average molecular weight is 251 g/mol. The molecule has 0 radical (unpaired) electrons. The minimum Gasteiger partial charge on any atom is -0.398 e. The number of alkyl halides is 3. The van der Waals surface area contributed by atoms with Gasteiger partial charge in [0.15, 0.2) is 0 Å². The molecule has 0 aromatic heterocycles. The topological polar surface area (TPSA) is 26.0 Å². The Labute approximate surface area is 103 Å². The first-order valence-electron chi connectivity index (χ1n) is 5.42. The number of rotatable bonds is 1. The van der Waals surface area contributed by atoms with E-state index in [1.807, 2.05) is 19.1 Å². The molecule has 0 saturated carbocycles. The summed E-state index contributed by atoms with van der Waals surface area (Å²) in [5, 5.41) is 0. The van der Waals surface area contributed by atoms with Crippen LogP contribution in [0.4, 0.5) is 18.9 Å². The van der Waals surface area contributed by atoms with Gasteiger partial charge in [0.1, 0.15) is 0 Å². The Balaban J connectivity index is 2.57. The predicted octanol–water partition coefficient (Wildman–Crippen LogP) is 4.26. The van der Waals surface area contributed by atoms with Crippen molar-refractivity contribution in [3.63, 3.8) is 0 Å². The standard InChI is InChI=1S/C14H12F3N/c1-9-3-2-4-10(7-9)12-8-11(14(15,16)17)5-6-13(12)18/h2-8H,18H2,1H3. The van der Waals surface area contributed by atoms with Crippen molar-refractivity contribution in [2.45, 2.75) is 13.1 Å². The van der Waals surface area contributed by atoms with Crippen molar-refractivity contribution in [2.24, 2.45) is 0 Å². The van der Waals surface area contributed by atoms with E-state index in [0.717, 1.165) is 17.7 Å². The number of hydrogen-bond donors (Lipinski definition) is 1. The van der Waals surface area contributed by atoms with Crippen LogP contribution < -0.4 is 5.73 Å². The third-order valence-electron chi connectivity index (χ3n) is 2.71. The second kappa shape index (κ2) is 4.37. The normalized spacial score (nSPS) is 11.6. The maximum absolute atomic E-state index is 12.7. The van der Waals surface area contributed by atoms with E-state index in [2.05, 4.69) is 0 Å². The molecule has 2 aromatic carbocycles. The van der Waals surface area contributed by atoms with Gasteiger partial charge in [-0.15, -0.1) is 0 Å². The Morgan fingerprint density at radius 1 is 1.00 bits per heavy atom. The zero-order valence-corrected chi connectivity index (χ0v) is 9.75. The average Bonchev–Trinajstić information content (AvgIpc) is 2.28. The third-order valence-corrected chi connectivity index (χ3v) is 2.71. The Morgan fingerprint density at radius 3 is 2.33 bits per heavy atom. The van der Waals surface area contributed by atoms with Crippen LogP contribution >= 0.6 is 0 Å². The fourth-order valence-electron chi connectivity index (χ4n) is 1.80. The van der Waals surface area contributed by atoms with Crippen molar-refractivity contribution < 1.29 is 13.2 Å². The Hall–Kier alpha value is -1.97. The van der Waals surface area contributed by atoms with Crippen LogP contribution in [0.15, 0.2) is 42.5 Å². The lowest BCUT2D eigenvalue weighted by molar-refractivity contribution is -0.137. The van der Waals surface area contributed by atoms with E-state index in [1.165, 1.54) is 6.07 Å². The van der Waals surface area contributed by atoms with Gasteiger partial charge in [0, 0.05) is 11.3 Å². The zero-order valence-electron chi connectivity index (χ0n) is 9.75. The molecule has 0 aliphatic rings. The van der Waals surface area contributed by atoms with Gasteiger partial charge in [0.05, 0.1) is 5.56 Å². The molecule has 0 bridgehead atoms. The molecule has 0 atom stereocenters. The molecular weight excluding hydrogens is 239 g/mol. The highest BCUT2D eigenvalue weighted by molar-refractivity contribution is 5.77. The summed E-state index contributed by atoms with van der Waals surface area (Å²) in [7, 11) is 0. The molecule has 94 valence electrons. The number of hydrogen-bond acceptors (Lipinski definition) is 1. The van der Waals surface area contributed by atoms with Crippen LogP contribution in [-0.4, -0.2) is 0 Å². The number of halogens is 3. The first kappa shape index (κ1) is 12.5. The van der Waals surface area contributed by atoms with E-state index in [1.54, 1.807) is 12.1 Å². The number of benzene rings is 2. The molecule has 0 spiro atoms. The Morgan fingerprint density at radius 2 is 1.72 bits per heavy atom. The van der Waals surface area contributed by atoms with Crippen LogP contribution in [0.25, 0.3) is 11.1 Å². The smallest absolute Gasteiger partial charge is 0.398 e. The molecular formula is C14H12F3N. The number of nitrogens with two attached hydrogens (primary N) is 1. The lowest BCUT2D eigenvalue weighted by Gasteiger charge is -2.11. The summed E-state index contributed by atoms with van der Waals surface area (Å²) >= 11 is 0. The summed E-state index contributed by atoms with van der Waals surface area (Å²) in [6, 6.07) is 10.6. The minimum absolute atomic E-state index is 0.341. The summed E-state index contributed by atoms with van der Waals surface area (Å²) in [6.07, 6.45) is -4.35. The van der Waals surface area contributed by atoms with Gasteiger partial charge in [-0.05, 0) is 30.7 Å². The molecule has 0 saturated heterocycles. The van der Waals surface area contributed by atoms with Crippen molar-refractivity contribution >= 4 is 5.69 Å². The van der Waals surface area contributed by atoms with Crippen molar-refractivity contribution in [1.82, 2.24) is 0 Å². The largest absolute Gasteiger partial charge is 0.416 e. The van der Waals surface area contributed by atoms with Crippen molar-refractivity contribution in [1.29, 1.82) is 0 Å². The SMILES string of the molecule is Cc1cccc(-c2cc(C(F)(F)F)ccc2N)c1. The van der Waals surface area contributed by atoms with E-state index >= 15 is 0 Å². The van der Waals surface area contributed by atoms with Gasteiger partial charge in [-0.2, -0.15) is 13.2 Å². The van der Waals surface area contributed by atoms with Crippen LogP contribution in [0.1, 0.15) is 11.1 Å². The predicted molar refractivity (Wildman–Crippen MR) is 66.0 cm³/mol. The quantitative estimate of drug-likeness (QED) is 0.753. The molecule has 2 aromatic rings. The third kappa shape index (κ3) is 2.47. The zero-order chi connectivity index (χ0) is 13.3. The lowest BCUT2D eigenvalue weighted by atomic mass is 9.99. The minimum atomic E-state index is -4.35. The molecule has 0 aliphatic carbocycles. The van der Waals surface area contributed by atoms with Gasteiger partial charge in [-0.3, -0.25) is 0 Å². The molecule has 2 rings (SSSR count). The van der Waals surface area contributed by atoms with Crippen LogP contribution in [0.2, 0.25) is 0 Å². The number of aryl methyl sites for hydroxylation is 1. The monoisotopic (exact) mass is 251 g/mol. The van der Waals surface area contributed by atoms with Crippen LogP contribution in [0, 0.1) is 6.92 Å². The van der Waals surface area contributed by atoms with Crippen LogP contribution in [0.5, 0.6) is 0 Å². The van der Waals surface area contributed by atoms with Gasteiger partial charge >= 0.3 is 6.18 Å². The van der Waals surface area contributed by atoms with Crippen molar-refractivity contribution in [2.75, 3.05) is 5.73 Å². The highest BCUT2D eigenvalue weighted by Gasteiger charge is 2.30. The van der Waals surface area contributed by atoms with Gasteiger partial charge < -0.3 is 5.73 Å². The summed E-state index contributed by atoms with van der Waals surface area (Å²) in [4.78, 5) is 0. The summed E-state index contributed by atoms with van der Waals surface area (Å²) in [6.45, 7) is 1.88. The molecule has 1 nitrogen and oxygen atoms in total. The van der Waals surface area contributed by atoms with E-state index in [9.17, 15) is 13.2 Å². The molecule has 4 heteroatoms. The Bertz CT molecular complexity index is 573. The number of nitrogen functional groups attached to an aromatic ring is 1. The second-order valence-corrected chi connectivity index (χ2v) is 4.17. The second-order valence-electron chi connectivity index (χ2n) is 4.17. The molecule has 0 amide bonds. The molecule has 0 fully saturated rings. The van der Waals surface area contributed by atoms with E-state index in [-0.39, 0.29) is 0 Å². The maximum Gasteiger partial charge on any atom is 0.416 e. The van der Waals surface area contributed by atoms with Crippen molar-refractivity contribution in [3.8, 4) is 11.1 Å². The maximum atomic E-state index is 12.7. The van der Waals surface area contributed by atoms with Gasteiger partial charge in [0.25, 0.3) is 0 Å². The molecule has 0 heterocycles. The first-order chi connectivity index (χ1) is 8.38. The van der Waals surface area contributed by atoms with E-state index in [0.29, 0.717) is 16.8 Å². The van der Waals surface area contributed by atoms with Gasteiger partial charge in [0.2, 0.25) is 0 Å². The summed E-state index contributed by atoms with van der Waals surface area (Å²) < 4.78 is 38.0. The summed E-state index contributed by atoms with van der Waals surface area (Å²) in [5.74, 6) is 0. The van der Waals surface area contributed by atoms with Gasteiger partial charge in [-0.1, -0.05) is 29.8 Å². The van der Waals surface area contributed by atoms with E-state index in [4.69, 9.17) is 5.73 Å². The summed E-state index contributed by atoms with van der Waals surface area (Å²) in [5.41, 5.74) is 7.48. The fraction of sp³-hybridized carbons (Fsp3) is 0.143. The van der Waals surface area contributed by atoms with Crippen molar-refractivity contribution in [3.05, 3.63) is 53.6 Å². The first-order valence-corrected chi connectivity index (χ1v) is 5.42. The number of anilines is 1. The molecule has 0 unspecified atom stereocenters. The van der Waals surface area contributed by atoms with Crippen LogP contribution in [0.3, 0.4) is 0 Å². The molecule has 0 aliphatic heterocycles. The highest BCUT2D eigenvalue weighted by Crippen LogP contribution is 2.35. The Kier molecular flexibility index (Phi) is 3.03. The molecule has 18 heavy (non-hydrogen) atoms. The van der Waals surface area contributed by atoms with E-state index < -0.39 is 11.7 Å². The molecule has 2 N–H and O–H groups in total. The highest BCUT2D eigenvalue weighted by atomic mass is 19.4.